The fourth-order valence-corrected chi connectivity index (χ4v) is 1.84. The summed E-state index contributed by atoms with van der Waals surface area (Å²) in [6.07, 6.45) is 0. The quantitative estimate of drug-likeness (QED) is 0.626. The molecule has 2 aromatic heterocycles. The van der Waals surface area contributed by atoms with Crippen LogP contribution in [0.25, 0.3) is 5.78 Å². The predicted molar refractivity (Wildman–Crippen MR) is 65.3 cm³/mol. The highest BCUT2D eigenvalue weighted by Gasteiger charge is 2.18. The third-order valence-corrected chi connectivity index (χ3v) is 2.74. The molecular formula is C9H12N6O2S. The summed E-state index contributed by atoms with van der Waals surface area (Å²) in [5.41, 5.74) is 5.75. The van der Waals surface area contributed by atoms with Gasteiger partial charge in [0.15, 0.2) is 5.82 Å². The molecular weight excluding hydrogens is 256 g/mol. The zero-order valence-corrected chi connectivity index (χ0v) is 10.8. The molecule has 0 bridgehead atoms. The molecule has 2 heterocycles. The molecule has 0 aliphatic rings. The number of rotatable bonds is 4. The Hall–Kier alpha value is -1.90. The minimum absolute atomic E-state index is 0.0534. The predicted octanol–water partition coefficient (Wildman–Crippen LogP) is 0.390. The molecule has 0 radical (unpaired) electrons. The van der Waals surface area contributed by atoms with Crippen molar-refractivity contribution < 1.29 is 9.53 Å². The van der Waals surface area contributed by atoms with Gasteiger partial charge in [-0.2, -0.15) is 9.50 Å². The van der Waals surface area contributed by atoms with E-state index in [4.69, 9.17) is 10.5 Å². The summed E-state index contributed by atoms with van der Waals surface area (Å²) in [4.78, 5) is 15.7. The van der Waals surface area contributed by atoms with Gasteiger partial charge in [-0.25, -0.2) is 4.79 Å². The number of carbonyl (C=O) groups is 1. The number of ether oxygens (including phenoxy) is 1. The van der Waals surface area contributed by atoms with Gasteiger partial charge < -0.3 is 10.5 Å². The molecule has 0 atom stereocenters. The van der Waals surface area contributed by atoms with E-state index in [9.17, 15) is 4.79 Å². The van der Waals surface area contributed by atoms with E-state index in [1.807, 2.05) is 6.92 Å². The number of thioether (sulfide) groups is 1. The van der Waals surface area contributed by atoms with Crippen molar-refractivity contribution in [1.29, 1.82) is 0 Å². The maximum absolute atomic E-state index is 11.6. The Morgan fingerprint density at radius 3 is 2.89 bits per heavy atom. The van der Waals surface area contributed by atoms with E-state index in [1.54, 1.807) is 6.92 Å². The lowest BCUT2D eigenvalue weighted by Crippen LogP contribution is -2.15. The summed E-state index contributed by atoms with van der Waals surface area (Å²) in [5, 5.41) is 12.2. The number of esters is 1. The van der Waals surface area contributed by atoms with Crippen molar-refractivity contribution in [3.05, 3.63) is 5.69 Å². The third-order valence-electron chi connectivity index (χ3n) is 2.02. The van der Waals surface area contributed by atoms with Crippen molar-refractivity contribution in [3.63, 3.8) is 0 Å². The molecule has 0 aromatic carbocycles. The van der Waals surface area contributed by atoms with Crippen LogP contribution in [-0.4, -0.2) is 43.1 Å². The van der Waals surface area contributed by atoms with E-state index in [-0.39, 0.29) is 23.9 Å². The van der Waals surface area contributed by atoms with Crippen LogP contribution in [0, 0.1) is 0 Å². The summed E-state index contributed by atoms with van der Waals surface area (Å²) in [6, 6.07) is 0. The summed E-state index contributed by atoms with van der Waals surface area (Å²) in [6.45, 7) is 3.92. The first-order valence-corrected chi connectivity index (χ1v) is 6.34. The Bertz CT molecular complexity index is 584. The third kappa shape index (κ3) is 2.21. The number of anilines is 1. The molecule has 2 aromatic rings. The van der Waals surface area contributed by atoms with E-state index < -0.39 is 5.97 Å². The highest BCUT2D eigenvalue weighted by Crippen LogP contribution is 2.16. The number of aromatic nitrogens is 5. The number of hydrogen-bond acceptors (Lipinski definition) is 8. The second kappa shape index (κ2) is 5.17. The average molecular weight is 268 g/mol. The molecule has 0 aliphatic heterocycles. The van der Waals surface area contributed by atoms with Crippen molar-refractivity contribution in [2.24, 2.45) is 0 Å². The van der Waals surface area contributed by atoms with Gasteiger partial charge >= 0.3 is 5.97 Å². The van der Waals surface area contributed by atoms with Gasteiger partial charge in [-0.3, -0.25) is 0 Å². The molecule has 0 aliphatic carbocycles. The minimum Gasteiger partial charge on any atom is -0.461 e. The maximum Gasteiger partial charge on any atom is 0.362 e. The summed E-state index contributed by atoms with van der Waals surface area (Å²) in [5.74, 6) is 0.546. The van der Waals surface area contributed by atoms with Crippen LogP contribution in [0.1, 0.15) is 24.3 Å². The first-order valence-electron chi connectivity index (χ1n) is 5.36. The van der Waals surface area contributed by atoms with Crippen molar-refractivity contribution in [2.75, 3.05) is 18.1 Å². The Balaban J connectivity index is 2.46. The highest BCUT2D eigenvalue weighted by molar-refractivity contribution is 7.99. The van der Waals surface area contributed by atoms with E-state index in [1.165, 1.54) is 16.3 Å². The maximum atomic E-state index is 11.6. The van der Waals surface area contributed by atoms with Crippen LogP contribution in [0.2, 0.25) is 0 Å². The van der Waals surface area contributed by atoms with Crippen LogP contribution < -0.4 is 5.73 Å². The molecule has 0 fully saturated rings. The van der Waals surface area contributed by atoms with Gasteiger partial charge in [0.1, 0.15) is 0 Å². The molecule has 18 heavy (non-hydrogen) atoms. The van der Waals surface area contributed by atoms with E-state index in [0.717, 1.165) is 5.75 Å². The standard InChI is InChI=1S/C9H12N6O2S/c1-3-17-7(16)5-6(10)15-8(13-12-5)11-9(14-15)18-4-2/h3-4,10H2,1-2H3. The van der Waals surface area contributed by atoms with Gasteiger partial charge in [0.05, 0.1) is 6.61 Å². The van der Waals surface area contributed by atoms with Gasteiger partial charge in [-0.15, -0.1) is 15.3 Å². The van der Waals surface area contributed by atoms with E-state index >= 15 is 0 Å². The van der Waals surface area contributed by atoms with E-state index in [2.05, 4.69) is 20.3 Å². The lowest BCUT2D eigenvalue weighted by molar-refractivity contribution is 0.0519. The molecule has 96 valence electrons. The van der Waals surface area contributed by atoms with Crippen LogP contribution in [-0.2, 0) is 4.74 Å². The lowest BCUT2D eigenvalue weighted by Gasteiger charge is -2.03. The molecule has 8 nitrogen and oxygen atoms in total. The van der Waals surface area contributed by atoms with Gasteiger partial charge in [-0.1, -0.05) is 18.7 Å². The second-order valence-electron chi connectivity index (χ2n) is 3.19. The molecule has 2 rings (SSSR count). The fourth-order valence-electron chi connectivity index (χ4n) is 1.29. The first-order chi connectivity index (χ1) is 8.67. The molecule has 0 saturated carbocycles. The number of nitrogens with zero attached hydrogens (tertiary/aromatic N) is 5. The summed E-state index contributed by atoms with van der Waals surface area (Å²) in [7, 11) is 0. The highest BCUT2D eigenvalue weighted by atomic mass is 32.2. The van der Waals surface area contributed by atoms with Gasteiger partial charge in [0, 0.05) is 0 Å². The molecule has 2 N–H and O–H groups in total. The summed E-state index contributed by atoms with van der Waals surface area (Å²) >= 11 is 1.45. The van der Waals surface area contributed by atoms with Gasteiger partial charge in [0.25, 0.3) is 5.78 Å². The fraction of sp³-hybridized carbons (Fsp3) is 0.444. The zero-order chi connectivity index (χ0) is 13.1. The van der Waals surface area contributed by atoms with Gasteiger partial charge in [-0.05, 0) is 12.7 Å². The number of carbonyl (C=O) groups excluding carboxylic acids is 1. The topological polar surface area (TPSA) is 108 Å². The monoisotopic (exact) mass is 268 g/mol. The number of nitrogens with two attached hydrogens (primary N) is 1. The molecule has 0 spiro atoms. The van der Waals surface area contributed by atoms with Crippen molar-refractivity contribution >= 4 is 29.3 Å². The van der Waals surface area contributed by atoms with Gasteiger partial charge in [0.2, 0.25) is 10.9 Å². The molecule has 0 saturated heterocycles. The smallest absolute Gasteiger partial charge is 0.362 e. The second-order valence-corrected chi connectivity index (χ2v) is 4.42. The molecule has 9 heteroatoms. The Labute approximate surface area is 107 Å². The molecule has 0 unspecified atom stereocenters. The van der Waals surface area contributed by atoms with Crippen LogP contribution >= 0.6 is 11.8 Å². The SMILES string of the molecule is CCOC(=O)c1nnc2nc(SCC)nn2c1N. The van der Waals surface area contributed by atoms with Crippen LogP contribution in [0.15, 0.2) is 5.16 Å². The lowest BCUT2D eigenvalue weighted by atomic mass is 10.4. The van der Waals surface area contributed by atoms with E-state index in [0.29, 0.717) is 5.16 Å². The minimum atomic E-state index is -0.621. The normalized spacial score (nSPS) is 10.8. The van der Waals surface area contributed by atoms with Crippen molar-refractivity contribution in [2.45, 2.75) is 19.0 Å². The number of fused-ring (bicyclic) bond motifs is 1. The Morgan fingerprint density at radius 1 is 1.44 bits per heavy atom. The number of hydrogen-bond donors (Lipinski definition) is 1. The van der Waals surface area contributed by atoms with Crippen molar-refractivity contribution in [1.82, 2.24) is 24.8 Å². The van der Waals surface area contributed by atoms with Crippen molar-refractivity contribution in [3.8, 4) is 0 Å². The average Bonchev–Trinajstić information content (AvgIpc) is 2.74. The number of nitrogen functional groups attached to an aromatic ring is 1. The van der Waals surface area contributed by atoms with Crippen LogP contribution in [0.4, 0.5) is 5.82 Å². The van der Waals surface area contributed by atoms with Crippen LogP contribution in [0.5, 0.6) is 0 Å². The first kappa shape index (κ1) is 12.6. The zero-order valence-electron chi connectivity index (χ0n) is 9.95. The largest absolute Gasteiger partial charge is 0.461 e. The summed E-state index contributed by atoms with van der Waals surface area (Å²) < 4.78 is 6.11. The molecule has 0 amide bonds. The van der Waals surface area contributed by atoms with Crippen LogP contribution in [0.3, 0.4) is 0 Å². The Morgan fingerprint density at radius 2 is 2.22 bits per heavy atom. The Kier molecular flexibility index (Phi) is 3.60.